The smallest absolute Gasteiger partial charge is 0.412 e. The van der Waals surface area contributed by atoms with E-state index in [1.165, 1.54) is 0 Å². The Morgan fingerprint density at radius 3 is 2.28 bits per heavy atom. The number of likely N-dealkylation sites (N-methyl/N-ethyl adjacent to an activating group) is 1. The number of carbonyl (C=O) groups excluding carboxylic acids is 2. The number of aromatic nitrogens is 2. The molecular weight excluding hydrogens is 777 g/mol. The Morgan fingerprint density at radius 1 is 0.933 bits per heavy atom. The van der Waals surface area contributed by atoms with Crippen LogP contribution in [0.1, 0.15) is 64.5 Å². The normalized spacial score (nSPS) is 19.2. The van der Waals surface area contributed by atoms with E-state index in [1.807, 2.05) is 75.4 Å². The number of piperazine rings is 1. The molecule has 2 aliphatic rings. The van der Waals surface area contributed by atoms with E-state index in [1.54, 1.807) is 18.5 Å². The van der Waals surface area contributed by atoms with Crippen LogP contribution in [0.3, 0.4) is 0 Å². The van der Waals surface area contributed by atoms with Crippen LogP contribution in [0.25, 0.3) is 10.9 Å². The molecule has 3 N–H and O–H groups in total. The molecule has 3 atom stereocenters. The molecular formula is C45H62N8O6Si. The zero-order valence-electron chi connectivity index (χ0n) is 36.8. The van der Waals surface area contributed by atoms with Gasteiger partial charge in [-0.05, 0) is 75.8 Å². The van der Waals surface area contributed by atoms with Gasteiger partial charge in [0.25, 0.3) is 5.91 Å². The van der Waals surface area contributed by atoms with Crippen molar-refractivity contribution >= 4 is 60.1 Å². The Kier molecular flexibility index (Phi) is 13.1. The van der Waals surface area contributed by atoms with Crippen molar-refractivity contribution in [3.63, 3.8) is 0 Å². The summed E-state index contributed by atoms with van der Waals surface area (Å²) in [6.07, 6.45) is 1.21. The molecule has 2 aliphatic heterocycles. The molecule has 2 aromatic heterocycles. The first kappa shape index (κ1) is 44.3. The highest BCUT2D eigenvalue weighted by Gasteiger charge is 2.45. The molecule has 0 bridgehead atoms. The van der Waals surface area contributed by atoms with Crippen molar-refractivity contribution < 1.29 is 28.7 Å². The number of alkyl carbamates (subject to hydrolysis) is 1. The number of anilines is 4. The van der Waals surface area contributed by atoms with Crippen LogP contribution < -0.4 is 25.3 Å². The summed E-state index contributed by atoms with van der Waals surface area (Å²) in [6, 6.07) is 18.3. The number of carbonyl (C=O) groups is 3. The van der Waals surface area contributed by atoms with Crippen molar-refractivity contribution in [3.05, 3.63) is 84.3 Å². The minimum atomic E-state index is -2.26. The number of nitrogens with one attached hydrogen (secondary N) is 2. The van der Waals surface area contributed by atoms with Crippen LogP contribution in [0.2, 0.25) is 18.1 Å². The molecule has 4 heterocycles. The maximum absolute atomic E-state index is 14.7. The summed E-state index contributed by atoms with van der Waals surface area (Å²) in [5.41, 5.74) is 2.85. The SMILES string of the molecule is C[C@H]1CN(c2ccncc2NC(=O)c2nc3cc(N4CCN(C)CC4)ccc3cc2N(Cc2ccccc2)C(=O)O)C[C@@H](NC(=O)OC(C)(C)C)[C@@H]1O[Si](C)(C)C(C)(C)C. The Morgan fingerprint density at radius 2 is 1.63 bits per heavy atom. The average molecular weight is 839 g/mol. The van der Waals surface area contributed by atoms with Crippen molar-refractivity contribution in [1.82, 2.24) is 20.2 Å². The quantitative estimate of drug-likeness (QED) is 0.133. The van der Waals surface area contributed by atoms with Gasteiger partial charge in [0, 0.05) is 62.5 Å². The lowest BCUT2D eigenvalue weighted by molar-refractivity contribution is 0.0336. The maximum atomic E-state index is 14.7. The van der Waals surface area contributed by atoms with Gasteiger partial charge in [0.2, 0.25) is 0 Å². The minimum absolute atomic E-state index is 0.0109. The van der Waals surface area contributed by atoms with Gasteiger partial charge in [-0.1, -0.05) is 64.1 Å². The zero-order valence-corrected chi connectivity index (χ0v) is 37.8. The first-order valence-electron chi connectivity index (χ1n) is 20.8. The third kappa shape index (κ3) is 10.5. The lowest BCUT2D eigenvalue weighted by Gasteiger charge is -2.48. The number of benzene rings is 2. The fraction of sp³-hybridized carbons (Fsp3) is 0.489. The van der Waals surface area contributed by atoms with E-state index in [0.29, 0.717) is 35.4 Å². The van der Waals surface area contributed by atoms with E-state index in [4.69, 9.17) is 14.1 Å². The number of carboxylic acid groups (broad SMARTS) is 1. The number of hydrogen-bond donors (Lipinski definition) is 3. The predicted octanol–water partition coefficient (Wildman–Crippen LogP) is 8.06. The molecule has 4 aromatic rings. The third-order valence-electron chi connectivity index (χ3n) is 11.8. The van der Waals surface area contributed by atoms with Crippen LogP contribution in [0.4, 0.5) is 32.3 Å². The highest BCUT2D eigenvalue weighted by atomic mass is 28.4. The van der Waals surface area contributed by atoms with Crippen molar-refractivity contribution in [2.24, 2.45) is 5.92 Å². The van der Waals surface area contributed by atoms with E-state index in [2.05, 4.69) is 78.2 Å². The van der Waals surface area contributed by atoms with Crippen LogP contribution in [-0.4, -0.2) is 110 Å². The monoisotopic (exact) mass is 838 g/mol. The minimum Gasteiger partial charge on any atom is -0.465 e. The number of ether oxygens (including phenoxy) is 1. The number of rotatable bonds is 10. The van der Waals surface area contributed by atoms with Gasteiger partial charge in [0.05, 0.1) is 47.5 Å². The van der Waals surface area contributed by atoms with Gasteiger partial charge in [-0.25, -0.2) is 14.6 Å². The van der Waals surface area contributed by atoms with E-state index < -0.39 is 38.1 Å². The summed E-state index contributed by atoms with van der Waals surface area (Å²) >= 11 is 0. The molecule has 2 saturated heterocycles. The number of piperidine rings is 1. The molecule has 60 heavy (non-hydrogen) atoms. The summed E-state index contributed by atoms with van der Waals surface area (Å²) < 4.78 is 12.7. The standard InChI is InChI=1S/C45H62N8O6Si/c1-30-27-52(29-36(49-42(55)58-44(2,3)4)40(30)59-60(9,10)45(5,6)7)37-18-19-46-26-35(37)48-41(54)39-38(53(43(56)57)28-31-14-12-11-13-15-31)24-32-16-17-33(25-34(32)47-39)51-22-20-50(8)21-23-51/h11-19,24-26,30,36,40H,20-23,27-29H2,1-10H3,(H,48,54)(H,49,55)(H,56,57)/t30-,36+,40+/m0/s1. The number of fused-ring (bicyclic) bond motifs is 1. The summed E-state index contributed by atoms with van der Waals surface area (Å²) in [6.45, 7) is 23.1. The third-order valence-corrected chi connectivity index (χ3v) is 16.3. The molecule has 6 rings (SSSR count). The predicted molar refractivity (Wildman–Crippen MR) is 241 cm³/mol. The molecule has 2 aromatic carbocycles. The Hall–Kier alpha value is -5.25. The van der Waals surface area contributed by atoms with Crippen LogP contribution in [0.5, 0.6) is 0 Å². The molecule has 15 heteroatoms. The molecule has 2 fully saturated rings. The van der Waals surface area contributed by atoms with Crippen molar-refractivity contribution in [2.75, 3.05) is 66.3 Å². The second-order valence-corrected chi connectivity index (χ2v) is 23.5. The molecule has 0 radical (unpaired) electrons. The lowest BCUT2D eigenvalue weighted by Crippen LogP contribution is -2.63. The van der Waals surface area contributed by atoms with Gasteiger partial charge in [0.15, 0.2) is 14.0 Å². The maximum Gasteiger partial charge on any atom is 0.412 e. The zero-order chi connectivity index (χ0) is 43.6. The van der Waals surface area contributed by atoms with Gasteiger partial charge in [-0.2, -0.15) is 0 Å². The van der Waals surface area contributed by atoms with E-state index in [0.717, 1.165) is 42.3 Å². The molecule has 3 amide bonds. The molecule has 14 nitrogen and oxygen atoms in total. The summed E-state index contributed by atoms with van der Waals surface area (Å²) in [5, 5.41) is 17.5. The highest BCUT2D eigenvalue weighted by molar-refractivity contribution is 6.74. The van der Waals surface area contributed by atoms with Gasteiger partial charge in [0.1, 0.15) is 5.60 Å². The number of pyridine rings is 2. The summed E-state index contributed by atoms with van der Waals surface area (Å²) in [7, 11) is -0.158. The van der Waals surface area contributed by atoms with Crippen LogP contribution in [0.15, 0.2) is 73.1 Å². The summed E-state index contributed by atoms with van der Waals surface area (Å²) in [4.78, 5) is 58.1. The Labute approximate surface area is 355 Å². The Bertz CT molecular complexity index is 2170. The lowest BCUT2D eigenvalue weighted by atomic mass is 9.92. The van der Waals surface area contributed by atoms with E-state index in [9.17, 15) is 19.5 Å². The number of amides is 3. The number of nitrogens with zero attached hydrogens (tertiary/aromatic N) is 6. The number of hydrogen-bond acceptors (Lipinski definition) is 10. The highest BCUT2D eigenvalue weighted by Crippen LogP contribution is 2.40. The average Bonchev–Trinajstić information content (AvgIpc) is 3.17. The van der Waals surface area contributed by atoms with Crippen molar-refractivity contribution in [3.8, 4) is 0 Å². The van der Waals surface area contributed by atoms with E-state index >= 15 is 0 Å². The van der Waals surface area contributed by atoms with Gasteiger partial charge in [-0.15, -0.1) is 0 Å². The van der Waals surface area contributed by atoms with Crippen LogP contribution in [-0.2, 0) is 15.7 Å². The first-order valence-corrected chi connectivity index (χ1v) is 23.7. The molecule has 0 spiro atoms. The Balaban J connectivity index is 1.36. The molecule has 0 unspecified atom stereocenters. The fourth-order valence-corrected chi connectivity index (χ4v) is 8.93. The van der Waals surface area contributed by atoms with Gasteiger partial charge in [-0.3, -0.25) is 14.7 Å². The van der Waals surface area contributed by atoms with Gasteiger partial charge < -0.3 is 39.6 Å². The molecule has 322 valence electrons. The van der Waals surface area contributed by atoms with Crippen LogP contribution >= 0.6 is 0 Å². The van der Waals surface area contributed by atoms with E-state index in [-0.39, 0.29) is 35.0 Å². The van der Waals surface area contributed by atoms with Crippen molar-refractivity contribution in [2.45, 2.75) is 90.9 Å². The fourth-order valence-electron chi connectivity index (χ4n) is 7.50. The molecule has 0 saturated carbocycles. The molecule has 0 aliphatic carbocycles. The topological polar surface area (TPSA) is 153 Å². The van der Waals surface area contributed by atoms with Crippen molar-refractivity contribution in [1.29, 1.82) is 0 Å². The summed E-state index contributed by atoms with van der Waals surface area (Å²) in [5.74, 6) is -0.618. The van der Waals surface area contributed by atoms with Gasteiger partial charge >= 0.3 is 12.2 Å². The largest absolute Gasteiger partial charge is 0.465 e. The second kappa shape index (κ2) is 17.8. The first-order chi connectivity index (χ1) is 28.2. The second-order valence-electron chi connectivity index (χ2n) is 18.7. The van der Waals surface area contributed by atoms with Crippen LogP contribution in [0, 0.1) is 5.92 Å².